The molecule has 1 heterocycles. The third-order valence-electron chi connectivity index (χ3n) is 5.05. The number of nitro benzene ring substituents is 1. The highest BCUT2D eigenvalue weighted by atomic mass is 32.2. The number of unbranched alkanes of at least 4 members (excludes halogenated alkanes) is 1. The second kappa shape index (κ2) is 9.84. The van der Waals surface area contributed by atoms with Gasteiger partial charge >= 0.3 is 6.36 Å². The van der Waals surface area contributed by atoms with E-state index >= 15 is 0 Å². The molecule has 2 aromatic rings. The van der Waals surface area contributed by atoms with Crippen molar-refractivity contribution in [2.24, 2.45) is 0 Å². The highest BCUT2D eigenvalue weighted by Gasteiger charge is 2.31. The predicted octanol–water partition coefficient (Wildman–Crippen LogP) is 3.61. The molecule has 174 valence electrons. The number of alkyl halides is 3. The van der Waals surface area contributed by atoms with Crippen LogP contribution in [0.25, 0.3) is 0 Å². The molecule has 1 N–H and O–H groups in total. The molecule has 32 heavy (non-hydrogen) atoms. The zero-order valence-corrected chi connectivity index (χ0v) is 17.8. The minimum absolute atomic E-state index is 0.0676. The van der Waals surface area contributed by atoms with Gasteiger partial charge in [-0.2, -0.15) is 0 Å². The minimum Gasteiger partial charge on any atom is -0.406 e. The first-order chi connectivity index (χ1) is 15.0. The van der Waals surface area contributed by atoms with Gasteiger partial charge in [0.25, 0.3) is 5.69 Å². The third-order valence-corrected chi connectivity index (χ3v) is 6.53. The molecule has 0 fully saturated rings. The van der Waals surface area contributed by atoms with Crippen LogP contribution in [0.4, 0.5) is 18.9 Å². The van der Waals surface area contributed by atoms with Gasteiger partial charge in [-0.25, -0.2) is 13.1 Å². The van der Waals surface area contributed by atoms with Crippen molar-refractivity contribution in [3.8, 4) is 5.75 Å². The van der Waals surface area contributed by atoms with Gasteiger partial charge in [-0.05, 0) is 61.2 Å². The summed E-state index contributed by atoms with van der Waals surface area (Å²) in [7, 11) is -3.84. The molecule has 0 amide bonds. The molecule has 0 saturated carbocycles. The van der Waals surface area contributed by atoms with Gasteiger partial charge in [0.1, 0.15) is 5.75 Å². The summed E-state index contributed by atoms with van der Waals surface area (Å²) in [4.78, 5) is 12.6. The second-order valence-corrected chi connectivity index (χ2v) is 9.13. The number of sulfonamides is 1. The van der Waals surface area contributed by atoms with Crippen molar-refractivity contribution in [1.82, 2.24) is 9.62 Å². The molecule has 12 heteroatoms. The van der Waals surface area contributed by atoms with Crippen molar-refractivity contribution in [3.63, 3.8) is 0 Å². The van der Waals surface area contributed by atoms with E-state index in [-0.39, 0.29) is 17.1 Å². The average Bonchev–Trinajstić information content (AvgIpc) is 2.72. The molecule has 0 atom stereocenters. The van der Waals surface area contributed by atoms with Gasteiger partial charge in [-0.3, -0.25) is 15.0 Å². The molecule has 0 aromatic heterocycles. The van der Waals surface area contributed by atoms with Crippen LogP contribution in [0.1, 0.15) is 24.0 Å². The lowest BCUT2D eigenvalue weighted by molar-refractivity contribution is -0.385. The van der Waals surface area contributed by atoms with Crippen molar-refractivity contribution in [2.75, 3.05) is 19.6 Å². The fourth-order valence-electron chi connectivity index (χ4n) is 3.48. The topological polar surface area (TPSA) is 102 Å². The van der Waals surface area contributed by atoms with Gasteiger partial charge < -0.3 is 4.74 Å². The molecule has 0 aliphatic carbocycles. The van der Waals surface area contributed by atoms with E-state index in [1.54, 1.807) is 12.1 Å². The molecule has 3 rings (SSSR count). The smallest absolute Gasteiger partial charge is 0.406 e. The van der Waals surface area contributed by atoms with Crippen LogP contribution in [0.3, 0.4) is 0 Å². The second-order valence-electron chi connectivity index (χ2n) is 7.36. The van der Waals surface area contributed by atoms with Gasteiger partial charge in [-0.1, -0.05) is 6.07 Å². The monoisotopic (exact) mass is 473 g/mol. The van der Waals surface area contributed by atoms with Crippen molar-refractivity contribution in [3.05, 3.63) is 63.7 Å². The zero-order valence-electron chi connectivity index (χ0n) is 17.0. The summed E-state index contributed by atoms with van der Waals surface area (Å²) in [5, 5.41) is 11.0. The first kappa shape index (κ1) is 24.0. The molecule has 0 radical (unpaired) electrons. The van der Waals surface area contributed by atoms with E-state index in [9.17, 15) is 31.7 Å². The Hall–Kier alpha value is -2.70. The van der Waals surface area contributed by atoms with E-state index in [0.29, 0.717) is 25.9 Å². The molecule has 0 saturated heterocycles. The Morgan fingerprint density at radius 1 is 1.09 bits per heavy atom. The van der Waals surface area contributed by atoms with E-state index in [4.69, 9.17) is 0 Å². The highest BCUT2D eigenvalue weighted by molar-refractivity contribution is 7.89. The Balaban J connectivity index is 1.43. The standard InChI is InChI=1S/C20H22F3N3O5S/c21-20(22,23)31-18-5-7-19(8-6-18)32(29,30)24-10-1-2-11-25-12-9-15-3-4-17(26(27)28)13-16(15)14-25/h3-8,13,24H,1-2,9-12,14H2. The molecule has 2 aromatic carbocycles. The number of nitrogens with one attached hydrogen (secondary N) is 1. The molecular formula is C20H22F3N3O5S. The van der Waals surface area contributed by atoms with E-state index in [0.717, 1.165) is 48.4 Å². The fourth-order valence-corrected chi connectivity index (χ4v) is 4.55. The lowest BCUT2D eigenvalue weighted by Crippen LogP contribution is -2.32. The predicted molar refractivity (Wildman–Crippen MR) is 110 cm³/mol. The van der Waals surface area contributed by atoms with E-state index < -0.39 is 27.1 Å². The summed E-state index contributed by atoms with van der Waals surface area (Å²) in [5.74, 6) is -0.495. The maximum atomic E-state index is 12.3. The van der Waals surface area contributed by atoms with Crippen LogP contribution in [-0.2, 0) is 23.0 Å². The number of fused-ring (bicyclic) bond motifs is 1. The first-order valence-corrected chi connectivity index (χ1v) is 11.4. The molecule has 1 aliphatic rings. The lowest BCUT2D eigenvalue weighted by atomic mass is 9.99. The molecular weight excluding hydrogens is 451 g/mol. The van der Waals surface area contributed by atoms with Crippen molar-refractivity contribution in [1.29, 1.82) is 0 Å². The van der Waals surface area contributed by atoms with Crippen LogP contribution < -0.4 is 9.46 Å². The van der Waals surface area contributed by atoms with Crippen molar-refractivity contribution < 1.29 is 31.2 Å². The van der Waals surface area contributed by atoms with Crippen LogP contribution in [0.15, 0.2) is 47.4 Å². The molecule has 0 bridgehead atoms. The SMILES string of the molecule is O=[N+]([O-])c1ccc2c(c1)CN(CCCCNS(=O)(=O)c1ccc(OC(F)(F)F)cc1)CC2. The molecule has 0 unspecified atom stereocenters. The van der Waals surface area contributed by atoms with Crippen LogP contribution in [0, 0.1) is 10.1 Å². The Morgan fingerprint density at radius 2 is 1.81 bits per heavy atom. The highest BCUT2D eigenvalue weighted by Crippen LogP contribution is 2.25. The van der Waals surface area contributed by atoms with Crippen molar-refractivity contribution in [2.45, 2.75) is 37.1 Å². The van der Waals surface area contributed by atoms with Gasteiger partial charge in [0.05, 0.1) is 9.82 Å². The van der Waals surface area contributed by atoms with Gasteiger partial charge in [0, 0.05) is 31.8 Å². The van der Waals surface area contributed by atoms with Crippen LogP contribution >= 0.6 is 0 Å². The number of nitro groups is 1. The van der Waals surface area contributed by atoms with E-state index in [1.165, 1.54) is 6.07 Å². The van der Waals surface area contributed by atoms with Crippen LogP contribution in [-0.4, -0.2) is 44.2 Å². The largest absolute Gasteiger partial charge is 0.573 e. The number of rotatable bonds is 9. The summed E-state index contributed by atoms with van der Waals surface area (Å²) in [6.07, 6.45) is -2.77. The summed E-state index contributed by atoms with van der Waals surface area (Å²) < 4.78 is 67.3. The van der Waals surface area contributed by atoms with Crippen LogP contribution in [0.2, 0.25) is 0 Å². The first-order valence-electron chi connectivity index (χ1n) is 9.87. The number of benzene rings is 2. The summed E-state index contributed by atoms with van der Waals surface area (Å²) in [6, 6.07) is 8.89. The Bertz CT molecular complexity index is 1060. The number of non-ortho nitro benzene ring substituents is 1. The molecule has 1 aliphatic heterocycles. The van der Waals surface area contributed by atoms with Gasteiger partial charge in [-0.15, -0.1) is 13.2 Å². The van der Waals surface area contributed by atoms with E-state index in [1.807, 2.05) is 0 Å². The zero-order chi connectivity index (χ0) is 23.4. The van der Waals surface area contributed by atoms with Gasteiger partial charge in [0.15, 0.2) is 0 Å². The van der Waals surface area contributed by atoms with Crippen LogP contribution in [0.5, 0.6) is 5.75 Å². The normalized spacial score (nSPS) is 14.7. The van der Waals surface area contributed by atoms with Gasteiger partial charge in [0.2, 0.25) is 10.0 Å². The number of hydrogen-bond acceptors (Lipinski definition) is 6. The summed E-state index contributed by atoms with van der Waals surface area (Å²) >= 11 is 0. The summed E-state index contributed by atoms with van der Waals surface area (Å²) in [5.41, 5.74) is 2.10. The third kappa shape index (κ3) is 6.65. The number of ether oxygens (including phenoxy) is 1. The maximum Gasteiger partial charge on any atom is 0.573 e. The maximum absolute atomic E-state index is 12.3. The Labute approximate surface area is 183 Å². The van der Waals surface area contributed by atoms with Crippen molar-refractivity contribution >= 4 is 15.7 Å². The number of nitrogens with zero attached hydrogens (tertiary/aromatic N) is 2. The quantitative estimate of drug-likeness (QED) is 0.339. The number of halogens is 3. The Morgan fingerprint density at radius 3 is 2.47 bits per heavy atom. The average molecular weight is 473 g/mol. The molecule has 0 spiro atoms. The Kier molecular flexibility index (Phi) is 7.36. The molecule has 8 nitrogen and oxygen atoms in total. The lowest BCUT2D eigenvalue weighted by Gasteiger charge is -2.28. The van der Waals surface area contributed by atoms with E-state index in [2.05, 4.69) is 14.4 Å². The number of hydrogen-bond donors (Lipinski definition) is 1. The fraction of sp³-hybridized carbons (Fsp3) is 0.400. The minimum atomic E-state index is -4.84. The summed E-state index contributed by atoms with van der Waals surface area (Å²) in [6.45, 7) is 2.32.